The highest BCUT2D eigenvalue weighted by molar-refractivity contribution is 5.95. The van der Waals surface area contributed by atoms with E-state index in [2.05, 4.69) is 40.5 Å². The third-order valence-corrected chi connectivity index (χ3v) is 8.33. The van der Waals surface area contributed by atoms with E-state index in [1.165, 1.54) is 4.90 Å². The molecule has 0 bridgehead atoms. The van der Waals surface area contributed by atoms with Crippen molar-refractivity contribution >= 4 is 41.6 Å². The van der Waals surface area contributed by atoms with Crippen molar-refractivity contribution in [3.8, 4) is 11.8 Å². The summed E-state index contributed by atoms with van der Waals surface area (Å²) in [5, 5.41) is 0.934. The number of fused-ring (bicyclic) bond motifs is 1. The number of carbonyl (C=O) groups excluding carboxylic acids is 1. The van der Waals surface area contributed by atoms with Gasteiger partial charge >= 0.3 is 12.4 Å². The quantitative estimate of drug-likeness (QED) is 0.244. The van der Waals surface area contributed by atoms with Crippen LogP contribution in [0.15, 0.2) is 48.7 Å². The van der Waals surface area contributed by atoms with Crippen molar-refractivity contribution < 1.29 is 35.9 Å². The molecule has 3 heterocycles. The number of H-pyrrole nitrogens is 1. The predicted octanol–water partition coefficient (Wildman–Crippen LogP) is 6.53. The largest absolute Gasteiger partial charge is 0.416 e. The molecule has 0 aliphatic carbocycles. The summed E-state index contributed by atoms with van der Waals surface area (Å²) in [6, 6.07) is 8.62. The van der Waals surface area contributed by atoms with Crippen LogP contribution in [0.5, 0.6) is 0 Å². The van der Waals surface area contributed by atoms with E-state index in [1.807, 2.05) is 30.5 Å². The highest BCUT2D eigenvalue weighted by Crippen LogP contribution is 2.37. The first-order valence-electron chi connectivity index (χ1n) is 14.5. The molecular weight excluding hydrogens is 657 g/mol. The van der Waals surface area contributed by atoms with Gasteiger partial charge in [0.05, 0.1) is 37.4 Å². The average Bonchev–Trinajstić information content (AvgIpc) is 3.38. The van der Waals surface area contributed by atoms with Crippen LogP contribution in [0.1, 0.15) is 40.9 Å². The molecule has 0 radical (unpaired) electrons. The number of para-hydroxylation sites is 1. The summed E-state index contributed by atoms with van der Waals surface area (Å²) in [5.41, 5.74) is -1.88. The lowest BCUT2D eigenvalue weighted by Gasteiger charge is -2.41. The van der Waals surface area contributed by atoms with Crippen LogP contribution in [-0.2, 0) is 23.5 Å². The van der Waals surface area contributed by atoms with Gasteiger partial charge in [-0.25, -0.2) is 0 Å². The van der Waals surface area contributed by atoms with E-state index in [4.69, 9.17) is 4.74 Å². The molecule has 0 unspecified atom stereocenters. The van der Waals surface area contributed by atoms with Crippen molar-refractivity contribution in [3.05, 3.63) is 70.9 Å². The van der Waals surface area contributed by atoms with Gasteiger partial charge in [0, 0.05) is 60.4 Å². The highest BCUT2D eigenvalue weighted by Gasteiger charge is 2.39. The Kier molecular flexibility index (Phi) is 12.5. The molecule has 5 rings (SSSR count). The molecule has 2 fully saturated rings. The Morgan fingerprint density at radius 3 is 2.15 bits per heavy atom. The summed E-state index contributed by atoms with van der Waals surface area (Å²) < 4.78 is 86.9. The number of piperazine rings is 1. The summed E-state index contributed by atoms with van der Waals surface area (Å²) in [6.45, 7) is 7.33. The fraction of sp³-hybridized carbons (Fsp3) is 0.469. The Hall–Kier alpha value is -2.95. The number of morpholine rings is 1. The second-order valence-electron chi connectivity index (χ2n) is 11.5. The summed E-state index contributed by atoms with van der Waals surface area (Å²) in [5.74, 6) is 5.57. The normalized spacial score (nSPS) is 21.2. The molecule has 6 nitrogen and oxygen atoms in total. The standard InChI is InChI=1S/C32H34F6N4O2.2ClH/c1-21-19-44-20-22(2)41(21)10-6-5-9-40-11-12-42(27(18-40)15-24-17-39-29-8-4-3-7-28(24)29)30(43)23-13-25(31(33,34)35)16-26(14-23)32(36,37)38;;/h3-4,7-8,13-14,16-17,21-22,27,39H,9-12,15,18-20H2,1-2H3;2*1H/t21-,22-,27+;;/m0../s1. The number of hydrogen-bond acceptors (Lipinski definition) is 4. The van der Waals surface area contributed by atoms with Crippen molar-refractivity contribution in [2.24, 2.45) is 0 Å². The van der Waals surface area contributed by atoms with E-state index >= 15 is 0 Å². The van der Waals surface area contributed by atoms with E-state index in [1.54, 1.807) is 0 Å². The number of aromatic amines is 1. The van der Waals surface area contributed by atoms with Crippen molar-refractivity contribution in [2.45, 2.75) is 50.7 Å². The number of rotatable bonds is 5. The van der Waals surface area contributed by atoms with Gasteiger partial charge in [0.1, 0.15) is 0 Å². The van der Waals surface area contributed by atoms with Gasteiger partial charge in [0.25, 0.3) is 5.91 Å². The van der Waals surface area contributed by atoms with Crippen LogP contribution in [0.25, 0.3) is 10.9 Å². The molecule has 1 amide bonds. The lowest BCUT2D eigenvalue weighted by Crippen LogP contribution is -2.56. The van der Waals surface area contributed by atoms with Crippen molar-refractivity contribution in [1.82, 2.24) is 19.7 Å². The highest BCUT2D eigenvalue weighted by atomic mass is 35.5. The molecule has 1 N–H and O–H groups in total. The number of hydrogen-bond donors (Lipinski definition) is 1. The second-order valence-corrected chi connectivity index (χ2v) is 11.5. The van der Waals surface area contributed by atoms with Gasteiger partial charge in [-0.2, -0.15) is 26.3 Å². The Bertz CT molecular complexity index is 1510. The predicted molar refractivity (Wildman–Crippen MR) is 168 cm³/mol. The van der Waals surface area contributed by atoms with E-state index < -0.39 is 41.0 Å². The lowest BCUT2D eigenvalue weighted by atomic mass is 9.98. The average molecular weight is 694 g/mol. The zero-order valence-corrected chi connectivity index (χ0v) is 26.9. The third-order valence-electron chi connectivity index (χ3n) is 8.33. The Labute approximate surface area is 276 Å². The minimum Gasteiger partial charge on any atom is -0.378 e. The van der Waals surface area contributed by atoms with Crippen molar-refractivity contribution in [2.75, 3.05) is 45.9 Å². The maximum absolute atomic E-state index is 13.7. The summed E-state index contributed by atoms with van der Waals surface area (Å²) >= 11 is 0. The van der Waals surface area contributed by atoms with E-state index in [9.17, 15) is 31.1 Å². The summed E-state index contributed by atoms with van der Waals surface area (Å²) in [7, 11) is 0. The Balaban J connectivity index is 0.00000288. The zero-order valence-electron chi connectivity index (χ0n) is 25.3. The third kappa shape index (κ3) is 8.69. The molecule has 0 saturated carbocycles. The monoisotopic (exact) mass is 692 g/mol. The first-order valence-corrected chi connectivity index (χ1v) is 14.5. The maximum Gasteiger partial charge on any atom is 0.416 e. The van der Waals surface area contributed by atoms with Crippen LogP contribution in [0, 0.1) is 11.8 Å². The smallest absolute Gasteiger partial charge is 0.378 e. The van der Waals surface area contributed by atoms with Gasteiger partial charge < -0.3 is 14.6 Å². The van der Waals surface area contributed by atoms with E-state index in [-0.39, 0.29) is 49.5 Å². The molecule has 3 atom stereocenters. The molecule has 2 aromatic carbocycles. The number of benzene rings is 2. The molecule has 3 aromatic rings. The fourth-order valence-electron chi connectivity index (χ4n) is 5.97. The van der Waals surface area contributed by atoms with Crippen LogP contribution in [0.4, 0.5) is 26.3 Å². The van der Waals surface area contributed by atoms with Crippen molar-refractivity contribution in [1.29, 1.82) is 0 Å². The number of amides is 1. The number of nitrogens with zero attached hydrogens (tertiary/aromatic N) is 3. The maximum atomic E-state index is 13.7. The second kappa shape index (κ2) is 15.3. The molecule has 2 aliphatic rings. The van der Waals surface area contributed by atoms with Gasteiger partial charge in [-0.3, -0.25) is 14.6 Å². The minimum atomic E-state index is -5.05. The van der Waals surface area contributed by atoms with Gasteiger partial charge in [0.2, 0.25) is 0 Å². The van der Waals surface area contributed by atoms with E-state index in [0.717, 1.165) is 16.5 Å². The first kappa shape index (κ1) is 37.5. The molecular formula is C32H36Cl2F6N4O2. The van der Waals surface area contributed by atoms with Crippen LogP contribution in [0.2, 0.25) is 0 Å². The molecule has 2 aliphatic heterocycles. The van der Waals surface area contributed by atoms with Gasteiger partial charge in [-0.1, -0.05) is 30.0 Å². The molecule has 252 valence electrons. The molecule has 14 heteroatoms. The van der Waals surface area contributed by atoms with Crippen LogP contribution >= 0.6 is 24.8 Å². The number of alkyl halides is 6. The zero-order chi connectivity index (χ0) is 31.6. The van der Waals surface area contributed by atoms with E-state index in [0.29, 0.717) is 57.9 Å². The number of aromatic nitrogens is 1. The number of carbonyl (C=O) groups is 1. The number of nitrogens with one attached hydrogen (secondary N) is 1. The molecule has 2 saturated heterocycles. The van der Waals surface area contributed by atoms with Gasteiger partial charge in [-0.15, -0.1) is 24.8 Å². The van der Waals surface area contributed by atoms with Gasteiger partial charge in [-0.05, 0) is 50.1 Å². The topological polar surface area (TPSA) is 51.8 Å². The van der Waals surface area contributed by atoms with Crippen LogP contribution in [0.3, 0.4) is 0 Å². The molecule has 46 heavy (non-hydrogen) atoms. The first-order chi connectivity index (χ1) is 20.8. The Morgan fingerprint density at radius 2 is 1.52 bits per heavy atom. The van der Waals surface area contributed by atoms with Crippen molar-refractivity contribution in [3.63, 3.8) is 0 Å². The number of ether oxygens (including phenoxy) is 1. The van der Waals surface area contributed by atoms with Gasteiger partial charge in [0.15, 0.2) is 0 Å². The fourth-order valence-corrected chi connectivity index (χ4v) is 5.97. The Morgan fingerprint density at radius 1 is 0.913 bits per heavy atom. The number of halogens is 8. The summed E-state index contributed by atoms with van der Waals surface area (Å²) in [4.78, 5) is 22.6. The molecule has 1 aromatic heterocycles. The SMILES string of the molecule is C[C@H]1COC[C@H](C)N1CC#CCN1CCN(C(=O)c2cc(C(F)(F)F)cc(C(F)(F)F)c2)[C@H](Cc2c[nH]c3ccccc23)C1.Cl.Cl. The lowest BCUT2D eigenvalue weighted by molar-refractivity contribution is -0.143. The minimum absolute atomic E-state index is 0. The van der Waals surface area contributed by atoms with Crippen LogP contribution < -0.4 is 0 Å². The van der Waals surface area contributed by atoms with Crippen LogP contribution in [-0.4, -0.2) is 89.7 Å². The molecule has 0 spiro atoms. The summed E-state index contributed by atoms with van der Waals surface area (Å²) in [6.07, 6.45) is -7.92.